The third-order valence-electron chi connectivity index (χ3n) is 3.06. The van der Waals surface area contributed by atoms with Crippen molar-refractivity contribution in [2.24, 2.45) is 10.8 Å². The van der Waals surface area contributed by atoms with Crippen molar-refractivity contribution < 1.29 is 0 Å². The summed E-state index contributed by atoms with van der Waals surface area (Å²) in [6.45, 7) is 2.20. The summed E-state index contributed by atoms with van der Waals surface area (Å²) in [6.07, 6.45) is 5.57. The monoisotopic (exact) mass is 340 g/mol. The van der Waals surface area contributed by atoms with Crippen molar-refractivity contribution in [3.05, 3.63) is 28.2 Å². The van der Waals surface area contributed by atoms with E-state index in [1.54, 1.807) is 6.21 Å². The first-order valence-electron chi connectivity index (χ1n) is 6.30. The third-order valence-corrected chi connectivity index (χ3v) is 3.65. The minimum absolute atomic E-state index is 0.172. The van der Waals surface area contributed by atoms with Gasteiger partial charge in [0.25, 0.3) is 0 Å². The zero-order chi connectivity index (χ0) is 13.7. The predicted molar refractivity (Wildman–Crippen MR) is 87.7 cm³/mol. The number of hydrogen-bond acceptors (Lipinski definition) is 3. The lowest BCUT2D eigenvalue weighted by Gasteiger charge is -2.30. The molecular formula is C13H17BrN4S. The topological polar surface area (TPSA) is 53.6 Å². The Bertz CT molecular complexity index is 484. The number of nitrogens with zero attached hydrogens (tertiary/aromatic N) is 2. The van der Waals surface area contributed by atoms with Gasteiger partial charge < -0.3 is 10.6 Å². The number of anilines is 1. The quantitative estimate of drug-likeness (QED) is 0.504. The molecule has 0 unspecified atom stereocenters. The molecule has 1 aromatic carbocycles. The number of rotatable bonds is 3. The summed E-state index contributed by atoms with van der Waals surface area (Å²) in [5, 5.41) is 4.22. The molecule has 0 saturated carbocycles. The molecule has 0 aromatic heterocycles. The van der Waals surface area contributed by atoms with E-state index in [1.165, 1.54) is 24.9 Å². The van der Waals surface area contributed by atoms with E-state index >= 15 is 0 Å². The summed E-state index contributed by atoms with van der Waals surface area (Å²) in [4.78, 5) is 2.40. The van der Waals surface area contributed by atoms with Gasteiger partial charge in [-0.1, -0.05) is 15.9 Å². The number of piperidine rings is 1. The highest BCUT2D eigenvalue weighted by atomic mass is 79.9. The van der Waals surface area contributed by atoms with Crippen LogP contribution in [0.5, 0.6) is 0 Å². The lowest BCUT2D eigenvalue weighted by molar-refractivity contribution is 0.577. The predicted octanol–water partition coefficient (Wildman–Crippen LogP) is 2.61. The first kappa shape index (κ1) is 14.3. The summed E-state index contributed by atoms with van der Waals surface area (Å²) >= 11 is 8.22. The van der Waals surface area contributed by atoms with Gasteiger partial charge in [0.15, 0.2) is 5.11 Å². The molecule has 1 aliphatic rings. The highest BCUT2D eigenvalue weighted by Crippen LogP contribution is 2.26. The van der Waals surface area contributed by atoms with E-state index in [9.17, 15) is 0 Å². The Labute approximate surface area is 127 Å². The minimum Gasteiger partial charge on any atom is -0.375 e. The Morgan fingerprint density at radius 2 is 2.11 bits per heavy atom. The fourth-order valence-corrected chi connectivity index (χ4v) is 2.65. The molecule has 0 bridgehead atoms. The third kappa shape index (κ3) is 4.18. The van der Waals surface area contributed by atoms with Crippen LogP contribution in [0.2, 0.25) is 0 Å². The fourth-order valence-electron chi connectivity index (χ4n) is 2.22. The van der Waals surface area contributed by atoms with Crippen LogP contribution >= 0.6 is 28.1 Å². The lowest BCUT2D eigenvalue weighted by atomic mass is 10.1. The van der Waals surface area contributed by atoms with Crippen LogP contribution in [0.3, 0.4) is 0 Å². The molecule has 0 radical (unpaired) electrons. The zero-order valence-corrected chi connectivity index (χ0v) is 13.0. The van der Waals surface area contributed by atoms with Crippen molar-refractivity contribution in [3.8, 4) is 0 Å². The molecule has 3 N–H and O–H groups in total. The second-order valence-corrected chi connectivity index (χ2v) is 5.84. The molecular weight excluding hydrogens is 324 g/mol. The smallest absolute Gasteiger partial charge is 0.184 e. The average molecular weight is 341 g/mol. The molecule has 0 aliphatic carbocycles. The van der Waals surface area contributed by atoms with E-state index in [-0.39, 0.29) is 5.11 Å². The summed E-state index contributed by atoms with van der Waals surface area (Å²) in [5.41, 5.74) is 10.2. The maximum absolute atomic E-state index is 5.35. The van der Waals surface area contributed by atoms with Crippen molar-refractivity contribution in [2.75, 3.05) is 18.0 Å². The van der Waals surface area contributed by atoms with Crippen molar-refractivity contribution in [1.82, 2.24) is 5.43 Å². The van der Waals surface area contributed by atoms with Crippen molar-refractivity contribution in [3.63, 3.8) is 0 Å². The van der Waals surface area contributed by atoms with E-state index in [2.05, 4.69) is 49.6 Å². The molecule has 102 valence electrons. The summed E-state index contributed by atoms with van der Waals surface area (Å²) in [7, 11) is 0. The van der Waals surface area contributed by atoms with E-state index in [1.807, 2.05) is 0 Å². The van der Waals surface area contributed by atoms with Gasteiger partial charge in [-0.15, -0.1) is 0 Å². The van der Waals surface area contributed by atoms with Crippen LogP contribution in [-0.4, -0.2) is 24.4 Å². The molecule has 0 atom stereocenters. The van der Waals surface area contributed by atoms with Crippen molar-refractivity contribution >= 4 is 45.2 Å². The van der Waals surface area contributed by atoms with Crippen molar-refractivity contribution in [1.29, 1.82) is 0 Å². The first-order valence-corrected chi connectivity index (χ1v) is 7.50. The summed E-state index contributed by atoms with van der Waals surface area (Å²) < 4.78 is 1.03. The van der Waals surface area contributed by atoms with Gasteiger partial charge in [-0.2, -0.15) is 5.10 Å². The number of hydrazone groups is 1. The van der Waals surface area contributed by atoms with E-state index in [4.69, 9.17) is 18.0 Å². The number of hydrogen-bond donors (Lipinski definition) is 2. The average Bonchev–Trinajstić information content (AvgIpc) is 2.39. The number of thiocarbonyl (C=S) groups is 1. The Hall–Kier alpha value is -1.14. The molecule has 1 heterocycles. The second-order valence-electron chi connectivity index (χ2n) is 4.49. The van der Waals surface area contributed by atoms with Gasteiger partial charge in [0, 0.05) is 28.8 Å². The molecule has 4 nitrogen and oxygen atoms in total. The highest BCUT2D eigenvalue weighted by molar-refractivity contribution is 9.10. The molecule has 1 saturated heterocycles. The normalized spacial score (nSPS) is 15.7. The minimum atomic E-state index is 0.172. The van der Waals surface area contributed by atoms with Gasteiger partial charge in [-0.25, -0.2) is 0 Å². The second kappa shape index (κ2) is 6.86. The van der Waals surface area contributed by atoms with Gasteiger partial charge in [0.05, 0.1) is 6.21 Å². The molecule has 0 spiro atoms. The molecule has 2 rings (SSSR count). The fraction of sp³-hybridized carbons (Fsp3) is 0.385. The molecule has 6 heteroatoms. The number of nitrogens with two attached hydrogens (primary N) is 1. The highest BCUT2D eigenvalue weighted by Gasteiger charge is 2.13. The van der Waals surface area contributed by atoms with Crippen LogP contribution < -0.4 is 16.1 Å². The largest absolute Gasteiger partial charge is 0.375 e. The van der Waals surface area contributed by atoms with Crippen LogP contribution in [0.4, 0.5) is 5.69 Å². The maximum atomic E-state index is 5.35. The SMILES string of the molecule is NC(=S)NN=Cc1cc(Br)ccc1N1CCCCC1. The molecule has 19 heavy (non-hydrogen) atoms. The van der Waals surface area contributed by atoms with Crippen molar-refractivity contribution in [2.45, 2.75) is 19.3 Å². The maximum Gasteiger partial charge on any atom is 0.184 e. The Morgan fingerprint density at radius 1 is 1.37 bits per heavy atom. The Kier molecular flexibility index (Phi) is 5.15. The van der Waals surface area contributed by atoms with Gasteiger partial charge in [0.1, 0.15) is 0 Å². The summed E-state index contributed by atoms with van der Waals surface area (Å²) in [6, 6.07) is 6.23. The lowest BCUT2D eigenvalue weighted by Crippen LogP contribution is -2.30. The van der Waals surface area contributed by atoms with Crippen LogP contribution in [0.25, 0.3) is 0 Å². The van der Waals surface area contributed by atoms with Crippen LogP contribution in [0.1, 0.15) is 24.8 Å². The molecule has 1 aliphatic heterocycles. The van der Waals surface area contributed by atoms with Crippen LogP contribution in [0, 0.1) is 0 Å². The Balaban J connectivity index is 2.21. The first-order chi connectivity index (χ1) is 9.16. The van der Waals surface area contributed by atoms with E-state index < -0.39 is 0 Å². The number of halogens is 1. The van der Waals surface area contributed by atoms with Crippen LogP contribution in [0.15, 0.2) is 27.8 Å². The van der Waals surface area contributed by atoms with E-state index in [0.29, 0.717) is 0 Å². The molecule has 1 fully saturated rings. The van der Waals surface area contributed by atoms with Gasteiger partial charge in [-0.05, 0) is 49.7 Å². The van der Waals surface area contributed by atoms with Crippen LogP contribution in [-0.2, 0) is 0 Å². The Morgan fingerprint density at radius 3 is 2.79 bits per heavy atom. The van der Waals surface area contributed by atoms with Gasteiger partial charge in [-0.3, -0.25) is 5.43 Å². The molecule has 0 amide bonds. The zero-order valence-electron chi connectivity index (χ0n) is 10.6. The number of benzene rings is 1. The summed E-state index contributed by atoms with van der Waals surface area (Å²) in [5.74, 6) is 0. The van der Waals surface area contributed by atoms with E-state index in [0.717, 1.165) is 23.1 Å². The number of nitrogens with one attached hydrogen (secondary N) is 1. The standard InChI is InChI=1S/C13H17BrN4S/c14-11-4-5-12(18-6-2-1-3-7-18)10(8-11)9-16-17-13(15)19/h4-5,8-9H,1-3,6-7H2,(H3,15,17,19). The van der Waals surface area contributed by atoms with Gasteiger partial charge in [0.2, 0.25) is 0 Å². The molecule has 1 aromatic rings. The van der Waals surface area contributed by atoms with Gasteiger partial charge >= 0.3 is 0 Å².